The van der Waals surface area contributed by atoms with Crippen molar-refractivity contribution in [3.05, 3.63) is 70.5 Å². The van der Waals surface area contributed by atoms with Crippen LogP contribution in [0.5, 0.6) is 0 Å². The lowest BCUT2D eigenvalue weighted by molar-refractivity contribution is -0.140. The Morgan fingerprint density at radius 1 is 1.09 bits per heavy atom. The van der Waals surface area contributed by atoms with Crippen molar-refractivity contribution in [1.29, 1.82) is 0 Å². The average Bonchev–Trinajstić information content (AvgIpc) is 3.30. The summed E-state index contributed by atoms with van der Waals surface area (Å²) in [5.74, 6) is -0.733. The van der Waals surface area contributed by atoms with Crippen LogP contribution in [-0.4, -0.2) is 78.3 Å². The van der Waals surface area contributed by atoms with Crippen LogP contribution in [0.15, 0.2) is 47.6 Å². The molecule has 0 aliphatic carbocycles. The van der Waals surface area contributed by atoms with Crippen molar-refractivity contribution in [2.45, 2.75) is 33.2 Å². The Morgan fingerprint density at radius 3 is 2.46 bits per heavy atom. The Balaban J connectivity index is 1.54. The third-order valence-corrected chi connectivity index (χ3v) is 6.82. The van der Waals surface area contributed by atoms with E-state index in [9.17, 15) is 14.0 Å². The number of hydrazone groups is 1. The number of morpholine rings is 1. The van der Waals surface area contributed by atoms with Crippen LogP contribution in [0.25, 0.3) is 0 Å². The lowest BCUT2D eigenvalue weighted by atomic mass is 9.96. The number of aryl methyl sites for hydroxylation is 2. The van der Waals surface area contributed by atoms with E-state index in [-0.39, 0.29) is 30.2 Å². The molecule has 0 radical (unpaired) electrons. The first-order chi connectivity index (χ1) is 16.8. The van der Waals surface area contributed by atoms with Crippen LogP contribution in [0.1, 0.15) is 41.6 Å². The van der Waals surface area contributed by atoms with E-state index in [1.54, 1.807) is 17.0 Å². The molecule has 0 aromatic heterocycles. The fourth-order valence-electron chi connectivity index (χ4n) is 4.45. The highest BCUT2D eigenvalue weighted by atomic mass is 19.1. The highest BCUT2D eigenvalue weighted by molar-refractivity contribution is 6.03. The number of benzene rings is 2. The SMILES string of the molecule is CC(=O)N(CCN1CCOCC1)CC(=O)N1N=C(c2ccc(C)c(C)c2)CC1c1ccc(F)cc1. The van der Waals surface area contributed by atoms with Gasteiger partial charge in [0.2, 0.25) is 5.91 Å². The minimum Gasteiger partial charge on any atom is -0.379 e. The van der Waals surface area contributed by atoms with Crippen molar-refractivity contribution >= 4 is 17.5 Å². The Hall–Kier alpha value is -3.10. The van der Waals surface area contributed by atoms with Gasteiger partial charge in [0.15, 0.2) is 0 Å². The predicted octanol–water partition coefficient (Wildman–Crippen LogP) is 3.30. The molecule has 186 valence electrons. The van der Waals surface area contributed by atoms with E-state index in [0.717, 1.165) is 35.5 Å². The molecule has 1 saturated heterocycles. The van der Waals surface area contributed by atoms with Crippen molar-refractivity contribution in [2.24, 2.45) is 5.10 Å². The Labute approximate surface area is 206 Å². The van der Waals surface area contributed by atoms with Gasteiger partial charge in [-0.2, -0.15) is 5.10 Å². The quantitative estimate of drug-likeness (QED) is 0.610. The van der Waals surface area contributed by atoms with Crippen LogP contribution in [0.3, 0.4) is 0 Å². The third-order valence-electron chi connectivity index (χ3n) is 6.82. The van der Waals surface area contributed by atoms with Gasteiger partial charge in [0.1, 0.15) is 12.4 Å². The van der Waals surface area contributed by atoms with Gasteiger partial charge in [-0.15, -0.1) is 0 Å². The molecule has 0 saturated carbocycles. The molecule has 2 aliphatic rings. The molecule has 0 spiro atoms. The summed E-state index contributed by atoms with van der Waals surface area (Å²) in [5.41, 5.74) is 4.92. The normalized spacial score (nSPS) is 18.5. The molecule has 2 heterocycles. The molecule has 2 amide bonds. The van der Waals surface area contributed by atoms with Crippen molar-refractivity contribution in [1.82, 2.24) is 14.8 Å². The number of rotatable bonds is 7. The first-order valence-electron chi connectivity index (χ1n) is 12.1. The highest BCUT2D eigenvalue weighted by Crippen LogP contribution is 2.33. The zero-order chi connectivity index (χ0) is 24.9. The molecule has 35 heavy (non-hydrogen) atoms. The van der Waals surface area contributed by atoms with Crippen LogP contribution < -0.4 is 0 Å². The number of hydrogen-bond acceptors (Lipinski definition) is 5. The summed E-state index contributed by atoms with van der Waals surface area (Å²) in [4.78, 5) is 29.6. The lowest BCUT2D eigenvalue weighted by Gasteiger charge is -2.30. The number of halogens is 1. The van der Waals surface area contributed by atoms with Gasteiger partial charge in [-0.05, 0) is 54.3 Å². The number of hydrogen-bond donors (Lipinski definition) is 0. The molecule has 1 unspecified atom stereocenters. The van der Waals surface area contributed by atoms with E-state index in [1.807, 2.05) is 19.1 Å². The maximum atomic E-state index is 13.6. The van der Waals surface area contributed by atoms with Gasteiger partial charge in [0.25, 0.3) is 5.91 Å². The van der Waals surface area contributed by atoms with Gasteiger partial charge in [-0.1, -0.05) is 24.3 Å². The Morgan fingerprint density at radius 2 is 1.80 bits per heavy atom. The van der Waals surface area contributed by atoms with E-state index in [1.165, 1.54) is 29.6 Å². The summed E-state index contributed by atoms with van der Waals surface area (Å²) in [5, 5.41) is 6.19. The zero-order valence-corrected chi connectivity index (χ0v) is 20.7. The molecule has 2 aromatic rings. The van der Waals surface area contributed by atoms with Crippen LogP contribution >= 0.6 is 0 Å². The van der Waals surface area contributed by atoms with Crippen molar-refractivity contribution in [3.63, 3.8) is 0 Å². The topological polar surface area (TPSA) is 65.5 Å². The molecule has 8 heteroatoms. The molecular formula is C27H33FN4O3. The standard InChI is InChI=1S/C27H33FN4O3/c1-19-4-5-23(16-20(19)2)25-17-26(22-6-8-24(28)9-7-22)32(29-25)27(34)18-31(21(3)33)11-10-30-12-14-35-15-13-30/h4-9,16,26H,10-15,17-18H2,1-3H3. The van der Waals surface area contributed by atoms with Crippen molar-refractivity contribution in [3.8, 4) is 0 Å². The van der Waals surface area contributed by atoms with Crippen LogP contribution in [-0.2, 0) is 14.3 Å². The Kier molecular flexibility index (Phi) is 7.93. The fraction of sp³-hybridized carbons (Fsp3) is 0.444. The molecule has 0 bridgehead atoms. The second-order valence-electron chi connectivity index (χ2n) is 9.25. The molecule has 7 nitrogen and oxygen atoms in total. The van der Waals surface area contributed by atoms with Crippen LogP contribution in [0.4, 0.5) is 4.39 Å². The first kappa shape index (κ1) is 25.0. The fourth-order valence-corrected chi connectivity index (χ4v) is 4.45. The third kappa shape index (κ3) is 6.13. The molecular weight excluding hydrogens is 447 g/mol. The number of carbonyl (C=O) groups is 2. The lowest BCUT2D eigenvalue weighted by Crippen LogP contribution is -2.45. The number of carbonyl (C=O) groups excluding carboxylic acids is 2. The minimum absolute atomic E-state index is 0.0545. The van der Waals surface area contributed by atoms with Gasteiger partial charge in [-0.3, -0.25) is 14.5 Å². The van der Waals surface area contributed by atoms with Gasteiger partial charge in [0.05, 0.1) is 25.0 Å². The molecule has 1 fully saturated rings. The van der Waals surface area contributed by atoms with Gasteiger partial charge in [0, 0.05) is 39.5 Å². The summed E-state index contributed by atoms with van der Waals surface area (Å²) in [6.45, 7) is 9.69. The monoisotopic (exact) mass is 480 g/mol. The van der Waals surface area contributed by atoms with Crippen LogP contribution in [0.2, 0.25) is 0 Å². The highest BCUT2D eigenvalue weighted by Gasteiger charge is 2.34. The number of amides is 2. The summed E-state index contributed by atoms with van der Waals surface area (Å²) >= 11 is 0. The smallest absolute Gasteiger partial charge is 0.262 e. The molecule has 2 aliphatic heterocycles. The summed E-state index contributed by atoms with van der Waals surface area (Å²) in [6, 6.07) is 12.0. The van der Waals surface area contributed by atoms with Gasteiger partial charge < -0.3 is 9.64 Å². The van der Waals surface area contributed by atoms with Crippen LogP contribution in [0, 0.1) is 19.7 Å². The molecule has 4 rings (SSSR count). The van der Waals surface area contributed by atoms with Gasteiger partial charge in [-0.25, -0.2) is 9.40 Å². The van der Waals surface area contributed by atoms with E-state index < -0.39 is 0 Å². The summed E-state index contributed by atoms with van der Waals surface area (Å²) in [6.07, 6.45) is 0.522. The summed E-state index contributed by atoms with van der Waals surface area (Å²) in [7, 11) is 0. The minimum atomic E-state index is -0.354. The largest absolute Gasteiger partial charge is 0.379 e. The second-order valence-corrected chi connectivity index (χ2v) is 9.25. The van der Waals surface area contributed by atoms with Gasteiger partial charge >= 0.3 is 0 Å². The predicted molar refractivity (Wildman–Crippen MR) is 133 cm³/mol. The first-order valence-corrected chi connectivity index (χ1v) is 12.1. The molecule has 0 N–H and O–H groups in total. The summed E-state index contributed by atoms with van der Waals surface area (Å²) < 4.78 is 19.0. The van der Waals surface area contributed by atoms with Crippen molar-refractivity contribution < 1.29 is 18.7 Å². The zero-order valence-electron chi connectivity index (χ0n) is 20.7. The average molecular weight is 481 g/mol. The molecule has 1 atom stereocenters. The van der Waals surface area contributed by atoms with E-state index in [4.69, 9.17) is 9.84 Å². The van der Waals surface area contributed by atoms with E-state index in [2.05, 4.69) is 17.9 Å². The van der Waals surface area contributed by atoms with E-state index >= 15 is 0 Å². The number of nitrogens with zero attached hydrogens (tertiary/aromatic N) is 4. The number of ether oxygens (including phenoxy) is 1. The second kappa shape index (κ2) is 11.1. The molecule has 2 aromatic carbocycles. The maximum Gasteiger partial charge on any atom is 0.262 e. The Bertz CT molecular complexity index is 1100. The van der Waals surface area contributed by atoms with Crippen molar-refractivity contribution in [2.75, 3.05) is 45.9 Å². The maximum absolute atomic E-state index is 13.6. The van der Waals surface area contributed by atoms with E-state index in [0.29, 0.717) is 32.7 Å².